The van der Waals surface area contributed by atoms with Gasteiger partial charge in [-0.05, 0) is 31.5 Å². The van der Waals surface area contributed by atoms with Crippen molar-refractivity contribution < 1.29 is 4.79 Å². The molecular formula is C10H14N2O. The molecule has 0 aliphatic rings. The zero-order valence-electron chi connectivity index (χ0n) is 7.79. The summed E-state index contributed by atoms with van der Waals surface area (Å²) < 4.78 is 0. The normalized spacial score (nSPS) is 10.0. The Labute approximate surface area is 78.0 Å². The summed E-state index contributed by atoms with van der Waals surface area (Å²) in [5.41, 5.74) is 7.02. The molecule has 0 aliphatic heterocycles. The summed E-state index contributed by atoms with van der Waals surface area (Å²) in [4.78, 5) is 15.4. The SMILES string of the molecule is Cc1cncc(C(=O)CCCN)c1. The van der Waals surface area contributed by atoms with Crippen molar-refractivity contribution in [3.63, 3.8) is 0 Å². The Morgan fingerprint density at radius 3 is 2.92 bits per heavy atom. The number of nitrogens with two attached hydrogens (primary N) is 1. The summed E-state index contributed by atoms with van der Waals surface area (Å²) in [6.07, 6.45) is 4.60. The lowest BCUT2D eigenvalue weighted by Gasteiger charge is -1.99. The van der Waals surface area contributed by atoms with Gasteiger partial charge in [0.2, 0.25) is 0 Å². The van der Waals surface area contributed by atoms with Crippen LogP contribution in [0.5, 0.6) is 0 Å². The number of ketones is 1. The van der Waals surface area contributed by atoms with Crippen molar-refractivity contribution in [2.75, 3.05) is 6.54 Å². The van der Waals surface area contributed by atoms with Gasteiger partial charge < -0.3 is 5.73 Å². The Kier molecular flexibility index (Phi) is 3.58. The number of hydrogen-bond donors (Lipinski definition) is 1. The van der Waals surface area contributed by atoms with E-state index in [-0.39, 0.29) is 5.78 Å². The molecule has 0 bridgehead atoms. The van der Waals surface area contributed by atoms with Gasteiger partial charge in [0.25, 0.3) is 0 Å². The molecule has 1 rings (SSSR count). The average Bonchev–Trinajstić information content (AvgIpc) is 2.14. The molecule has 2 N–H and O–H groups in total. The van der Waals surface area contributed by atoms with Gasteiger partial charge in [-0.15, -0.1) is 0 Å². The van der Waals surface area contributed by atoms with E-state index < -0.39 is 0 Å². The van der Waals surface area contributed by atoms with E-state index in [9.17, 15) is 4.79 Å². The van der Waals surface area contributed by atoms with Crippen LogP contribution < -0.4 is 5.73 Å². The molecule has 0 spiro atoms. The molecule has 0 unspecified atom stereocenters. The number of aromatic nitrogens is 1. The van der Waals surface area contributed by atoms with Crippen LogP contribution in [0.1, 0.15) is 28.8 Å². The monoisotopic (exact) mass is 178 g/mol. The maximum absolute atomic E-state index is 11.5. The number of Topliss-reactive ketones (excluding diaryl/α,β-unsaturated/α-hetero) is 1. The van der Waals surface area contributed by atoms with Gasteiger partial charge in [0.1, 0.15) is 0 Å². The lowest BCUT2D eigenvalue weighted by Crippen LogP contribution is -2.05. The van der Waals surface area contributed by atoms with Gasteiger partial charge in [-0.25, -0.2) is 0 Å². The third kappa shape index (κ3) is 2.95. The van der Waals surface area contributed by atoms with E-state index in [2.05, 4.69) is 4.98 Å². The molecule has 1 heterocycles. The maximum atomic E-state index is 11.5. The molecule has 3 nitrogen and oxygen atoms in total. The number of rotatable bonds is 4. The van der Waals surface area contributed by atoms with Gasteiger partial charge in [-0.2, -0.15) is 0 Å². The van der Waals surface area contributed by atoms with Crippen molar-refractivity contribution in [1.29, 1.82) is 0 Å². The third-order valence-corrected chi connectivity index (χ3v) is 1.80. The van der Waals surface area contributed by atoms with Crippen LogP contribution in [0.2, 0.25) is 0 Å². The first-order valence-electron chi connectivity index (χ1n) is 4.39. The molecular weight excluding hydrogens is 164 g/mol. The van der Waals surface area contributed by atoms with E-state index in [4.69, 9.17) is 5.73 Å². The second-order valence-electron chi connectivity index (χ2n) is 3.07. The predicted molar refractivity (Wildman–Crippen MR) is 51.6 cm³/mol. The summed E-state index contributed by atoms with van der Waals surface area (Å²) in [6.45, 7) is 2.48. The van der Waals surface area contributed by atoms with Gasteiger partial charge in [0, 0.05) is 24.4 Å². The first kappa shape index (κ1) is 9.86. The van der Waals surface area contributed by atoms with Crippen molar-refractivity contribution in [3.8, 4) is 0 Å². The minimum absolute atomic E-state index is 0.127. The fraction of sp³-hybridized carbons (Fsp3) is 0.400. The molecule has 0 aromatic carbocycles. The Balaban J connectivity index is 2.66. The Morgan fingerprint density at radius 2 is 2.31 bits per heavy atom. The summed E-state index contributed by atoms with van der Waals surface area (Å²) in [5.74, 6) is 0.127. The predicted octanol–water partition coefficient (Wildman–Crippen LogP) is 1.31. The summed E-state index contributed by atoms with van der Waals surface area (Å²) >= 11 is 0. The smallest absolute Gasteiger partial charge is 0.164 e. The number of carbonyl (C=O) groups excluding carboxylic acids is 1. The standard InChI is InChI=1S/C10H14N2O/c1-8-5-9(7-12-6-8)10(13)3-2-4-11/h5-7H,2-4,11H2,1H3. The zero-order chi connectivity index (χ0) is 9.68. The minimum atomic E-state index is 0.127. The summed E-state index contributed by atoms with van der Waals surface area (Å²) in [6, 6.07) is 1.85. The van der Waals surface area contributed by atoms with Crippen LogP contribution >= 0.6 is 0 Å². The quantitative estimate of drug-likeness (QED) is 0.707. The van der Waals surface area contributed by atoms with Crippen LogP contribution in [0.25, 0.3) is 0 Å². The van der Waals surface area contributed by atoms with E-state index in [1.807, 2.05) is 13.0 Å². The fourth-order valence-corrected chi connectivity index (χ4v) is 1.11. The second-order valence-corrected chi connectivity index (χ2v) is 3.07. The second kappa shape index (κ2) is 4.72. The molecule has 13 heavy (non-hydrogen) atoms. The van der Waals surface area contributed by atoms with Crippen LogP contribution in [-0.2, 0) is 0 Å². The van der Waals surface area contributed by atoms with Gasteiger partial charge in [-0.3, -0.25) is 9.78 Å². The highest BCUT2D eigenvalue weighted by Gasteiger charge is 2.04. The molecule has 0 atom stereocenters. The number of aryl methyl sites for hydroxylation is 1. The number of nitrogens with zero attached hydrogens (tertiary/aromatic N) is 1. The van der Waals surface area contributed by atoms with E-state index >= 15 is 0 Å². The van der Waals surface area contributed by atoms with Crippen molar-refractivity contribution in [2.24, 2.45) is 5.73 Å². The van der Waals surface area contributed by atoms with Gasteiger partial charge >= 0.3 is 0 Å². The minimum Gasteiger partial charge on any atom is -0.330 e. The fourth-order valence-electron chi connectivity index (χ4n) is 1.11. The first-order valence-corrected chi connectivity index (χ1v) is 4.39. The molecule has 1 aromatic heterocycles. The molecule has 0 aliphatic carbocycles. The van der Waals surface area contributed by atoms with Crippen LogP contribution in [0.3, 0.4) is 0 Å². The highest BCUT2D eigenvalue weighted by Crippen LogP contribution is 2.05. The molecule has 0 saturated carbocycles. The lowest BCUT2D eigenvalue weighted by molar-refractivity contribution is 0.0980. The largest absolute Gasteiger partial charge is 0.330 e. The lowest BCUT2D eigenvalue weighted by atomic mass is 10.1. The van der Waals surface area contributed by atoms with Crippen molar-refractivity contribution in [1.82, 2.24) is 4.98 Å². The first-order chi connectivity index (χ1) is 6.24. The Hall–Kier alpha value is -1.22. The highest BCUT2D eigenvalue weighted by atomic mass is 16.1. The zero-order valence-corrected chi connectivity index (χ0v) is 7.79. The molecule has 1 aromatic rings. The van der Waals surface area contributed by atoms with Crippen LogP contribution in [-0.4, -0.2) is 17.3 Å². The number of pyridine rings is 1. The highest BCUT2D eigenvalue weighted by molar-refractivity contribution is 5.95. The van der Waals surface area contributed by atoms with E-state index in [1.54, 1.807) is 12.4 Å². The molecule has 0 amide bonds. The number of hydrogen-bond acceptors (Lipinski definition) is 3. The van der Waals surface area contributed by atoms with E-state index in [0.29, 0.717) is 18.5 Å². The average molecular weight is 178 g/mol. The van der Waals surface area contributed by atoms with Crippen molar-refractivity contribution in [2.45, 2.75) is 19.8 Å². The van der Waals surface area contributed by atoms with Crippen LogP contribution in [0.15, 0.2) is 18.5 Å². The van der Waals surface area contributed by atoms with Crippen molar-refractivity contribution in [3.05, 3.63) is 29.6 Å². The van der Waals surface area contributed by atoms with Crippen LogP contribution in [0, 0.1) is 6.92 Å². The van der Waals surface area contributed by atoms with Crippen LogP contribution in [0.4, 0.5) is 0 Å². The van der Waals surface area contributed by atoms with E-state index in [0.717, 1.165) is 12.0 Å². The molecule has 0 fully saturated rings. The van der Waals surface area contributed by atoms with Gasteiger partial charge in [0.15, 0.2) is 5.78 Å². The van der Waals surface area contributed by atoms with Gasteiger partial charge in [0.05, 0.1) is 0 Å². The summed E-state index contributed by atoms with van der Waals surface area (Å²) in [7, 11) is 0. The van der Waals surface area contributed by atoms with E-state index in [1.165, 1.54) is 0 Å². The maximum Gasteiger partial charge on any atom is 0.164 e. The molecule has 0 radical (unpaired) electrons. The summed E-state index contributed by atoms with van der Waals surface area (Å²) in [5, 5.41) is 0. The topological polar surface area (TPSA) is 56.0 Å². The van der Waals surface area contributed by atoms with Crippen molar-refractivity contribution >= 4 is 5.78 Å². The molecule has 70 valence electrons. The Bertz CT molecular complexity index is 297. The molecule has 0 saturated heterocycles. The Morgan fingerprint density at radius 1 is 1.54 bits per heavy atom. The molecule has 3 heteroatoms. The van der Waals surface area contributed by atoms with Gasteiger partial charge in [-0.1, -0.05) is 0 Å². The number of carbonyl (C=O) groups is 1. The third-order valence-electron chi connectivity index (χ3n) is 1.80.